The Labute approximate surface area is 159 Å². The molecule has 9 heteroatoms. The average Bonchev–Trinajstić information content (AvgIpc) is 3.48. The van der Waals surface area contributed by atoms with Crippen LogP contribution in [0.3, 0.4) is 0 Å². The number of carbonyl (C=O) groups excluding carboxylic acids is 2. The van der Waals surface area contributed by atoms with E-state index in [9.17, 15) is 18.4 Å². The molecule has 0 unspecified atom stereocenters. The van der Waals surface area contributed by atoms with E-state index in [0.29, 0.717) is 28.8 Å². The fourth-order valence-corrected chi connectivity index (χ4v) is 2.98. The van der Waals surface area contributed by atoms with E-state index in [4.69, 9.17) is 0 Å². The molecule has 1 saturated carbocycles. The Hall–Kier alpha value is -2.55. The first-order chi connectivity index (χ1) is 13.0. The van der Waals surface area contributed by atoms with Crippen molar-refractivity contribution in [1.29, 1.82) is 0 Å². The highest BCUT2D eigenvalue weighted by Crippen LogP contribution is 2.34. The molecule has 0 aliphatic heterocycles. The Kier molecular flexibility index (Phi) is 6.00. The van der Waals surface area contributed by atoms with Crippen LogP contribution in [0, 0.1) is 5.92 Å². The molecule has 0 aromatic carbocycles. The van der Waals surface area contributed by atoms with Crippen molar-refractivity contribution >= 4 is 40.8 Å². The molecule has 1 aliphatic carbocycles. The zero-order valence-electron chi connectivity index (χ0n) is 14.5. The Bertz CT molecular complexity index is 859. The number of rotatable bonds is 8. The van der Waals surface area contributed by atoms with Gasteiger partial charge in [0.15, 0.2) is 5.78 Å². The van der Waals surface area contributed by atoms with Gasteiger partial charge in [-0.05, 0) is 25.0 Å². The number of alkyl halides is 2. The third-order valence-corrected chi connectivity index (χ3v) is 4.73. The zero-order valence-corrected chi connectivity index (χ0v) is 15.4. The summed E-state index contributed by atoms with van der Waals surface area (Å²) in [7, 11) is 0. The number of pyridine rings is 2. The number of anilines is 3. The van der Waals surface area contributed by atoms with Gasteiger partial charge in [-0.1, -0.05) is 18.7 Å². The lowest BCUT2D eigenvalue weighted by Crippen LogP contribution is -2.15. The highest BCUT2D eigenvalue weighted by Gasteiger charge is 2.30. The smallest absolute Gasteiger partial charge is 0.289 e. The van der Waals surface area contributed by atoms with Gasteiger partial charge in [-0.15, -0.1) is 0 Å². The molecule has 0 atom stereocenters. The van der Waals surface area contributed by atoms with E-state index in [-0.39, 0.29) is 34.7 Å². The maximum atomic E-state index is 12.8. The number of ketones is 1. The Morgan fingerprint density at radius 3 is 2.78 bits per heavy atom. The van der Waals surface area contributed by atoms with Crippen LogP contribution in [0.4, 0.5) is 26.1 Å². The van der Waals surface area contributed by atoms with Crippen LogP contribution in [-0.2, 0) is 4.79 Å². The number of halogens is 2. The van der Waals surface area contributed by atoms with Crippen molar-refractivity contribution in [3.8, 4) is 0 Å². The van der Waals surface area contributed by atoms with E-state index >= 15 is 0 Å². The van der Waals surface area contributed by atoms with Crippen LogP contribution in [0.5, 0.6) is 0 Å². The third-order valence-electron chi connectivity index (χ3n) is 3.96. The van der Waals surface area contributed by atoms with Gasteiger partial charge in [0.25, 0.3) is 5.76 Å². The Balaban J connectivity index is 1.91. The fourth-order valence-electron chi connectivity index (χ4n) is 2.42. The summed E-state index contributed by atoms with van der Waals surface area (Å²) in [5.74, 6) is -2.37. The van der Waals surface area contributed by atoms with Crippen molar-refractivity contribution in [2.75, 3.05) is 10.6 Å². The number of carbonyl (C=O) groups is 2. The van der Waals surface area contributed by atoms with Crippen molar-refractivity contribution in [3.05, 3.63) is 36.2 Å². The molecule has 0 spiro atoms. The number of thioether (sulfide) groups is 1. The first-order valence-corrected chi connectivity index (χ1v) is 9.36. The van der Waals surface area contributed by atoms with E-state index in [1.807, 2.05) is 0 Å². The van der Waals surface area contributed by atoms with Gasteiger partial charge < -0.3 is 10.6 Å². The van der Waals surface area contributed by atoms with Crippen molar-refractivity contribution in [1.82, 2.24) is 9.97 Å². The molecule has 1 aliphatic rings. The number of nitrogens with zero attached hydrogens (tertiary/aromatic N) is 2. The van der Waals surface area contributed by atoms with E-state index in [0.717, 1.165) is 12.8 Å². The number of nitrogens with one attached hydrogen (secondary N) is 2. The van der Waals surface area contributed by atoms with Gasteiger partial charge in [-0.25, -0.2) is 9.97 Å². The van der Waals surface area contributed by atoms with E-state index in [1.165, 1.54) is 24.5 Å². The Morgan fingerprint density at radius 2 is 2.11 bits per heavy atom. The lowest BCUT2D eigenvalue weighted by atomic mass is 10.1. The van der Waals surface area contributed by atoms with Crippen LogP contribution < -0.4 is 10.6 Å². The lowest BCUT2D eigenvalue weighted by molar-refractivity contribution is -0.117. The molecule has 2 aromatic heterocycles. The second-order valence-corrected chi connectivity index (χ2v) is 7.04. The molecular formula is C18H18F2N4O2S. The SMILES string of the molecule is CCC(=O)c1cnc(NC(=O)C2CC2)cc1Nc1ncccc1SC(F)F. The Morgan fingerprint density at radius 1 is 1.33 bits per heavy atom. The first-order valence-electron chi connectivity index (χ1n) is 8.49. The molecular weight excluding hydrogens is 374 g/mol. The maximum absolute atomic E-state index is 12.8. The van der Waals surface area contributed by atoms with Crippen molar-refractivity contribution in [2.45, 2.75) is 36.8 Å². The number of Topliss-reactive ketones (excluding diaryl/α,β-unsaturated/α-hetero) is 1. The third kappa shape index (κ3) is 5.00. The molecule has 2 aromatic rings. The van der Waals surface area contributed by atoms with Gasteiger partial charge >= 0.3 is 0 Å². The van der Waals surface area contributed by atoms with Gasteiger partial charge in [0.05, 0.1) is 16.1 Å². The van der Waals surface area contributed by atoms with Crippen LogP contribution in [0.2, 0.25) is 0 Å². The molecule has 6 nitrogen and oxygen atoms in total. The average molecular weight is 392 g/mol. The predicted molar refractivity (Wildman–Crippen MR) is 99.6 cm³/mol. The molecule has 1 fully saturated rings. The number of aromatic nitrogens is 2. The van der Waals surface area contributed by atoms with Crippen LogP contribution in [0.25, 0.3) is 0 Å². The normalized spacial score (nSPS) is 13.5. The highest BCUT2D eigenvalue weighted by atomic mass is 32.2. The van der Waals surface area contributed by atoms with Crippen molar-refractivity contribution in [2.24, 2.45) is 5.92 Å². The van der Waals surface area contributed by atoms with Gasteiger partial charge in [0.2, 0.25) is 5.91 Å². The van der Waals surface area contributed by atoms with Crippen LogP contribution >= 0.6 is 11.8 Å². The summed E-state index contributed by atoms with van der Waals surface area (Å²) in [5.41, 5.74) is 0.665. The van der Waals surface area contributed by atoms with Gasteiger partial charge in [-0.3, -0.25) is 9.59 Å². The second-order valence-electron chi connectivity index (χ2n) is 6.01. The second kappa shape index (κ2) is 8.43. The van der Waals surface area contributed by atoms with Crippen molar-refractivity contribution < 1.29 is 18.4 Å². The van der Waals surface area contributed by atoms with Crippen LogP contribution in [-0.4, -0.2) is 27.4 Å². The molecule has 2 N–H and O–H groups in total. The summed E-state index contributed by atoms with van der Waals surface area (Å²) in [5, 5.41) is 5.66. The molecule has 0 bridgehead atoms. The minimum Gasteiger partial charge on any atom is -0.339 e. The number of amides is 1. The predicted octanol–water partition coefficient (Wildman–Crippen LogP) is 4.48. The minimum absolute atomic E-state index is 0.00462. The fraction of sp³-hybridized carbons (Fsp3) is 0.333. The minimum atomic E-state index is -2.60. The van der Waals surface area contributed by atoms with Crippen LogP contribution in [0.15, 0.2) is 35.5 Å². The standard InChI is InChI=1S/C18H18F2N4O2S/c1-2-13(25)11-9-22-15(24-17(26)10-5-6-10)8-12(11)23-16-14(27-18(19)20)4-3-7-21-16/h3-4,7-10,18H,2,5-6H2,1H3,(H2,21,22,23,24,26). The first kappa shape index (κ1) is 19.2. The van der Waals surface area contributed by atoms with E-state index in [2.05, 4.69) is 20.6 Å². The number of hydrogen-bond acceptors (Lipinski definition) is 6. The van der Waals surface area contributed by atoms with Crippen LogP contribution in [0.1, 0.15) is 36.5 Å². The summed E-state index contributed by atoms with van der Waals surface area (Å²) < 4.78 is 25.6. The largest absolute Gasteiger partial charge is 0.339 e. The van der Waals surface area contributed by atoms with E-state index < -0.39 is 5.76 Å². The molecule has 3 rings (SSSR count). The molecule has 27 heavy (non-hydrogen) atoms. The molecule has 0 radical (unpaired) electrons. The topological polar surface area (TPSA) is 84.0 Å². The summed E-state index contributed by atoms with van der Waals surface area (Å²) in [4.78, 5) is 32.7. The monoisotopic (exact) mass is 392 g/mol. The van der Waals surface area contributed by atoms with Crippen molar-refractivity contribution in [3.63, 3.8) is 0 Å². The van der Waals surface area contributed by atoms with E-state index in [1.54, 1.807) is 13.0 Å². The summed E-state index contributed by atoms with van der Waals surface area (Å²) in [6.45, 7) is 1.72. The summed E-state index contributed by atoms with van der Waals surface area (Å²) >= 11 is 0.363. The lowest BCUT2D eigenvalue weighted by Gasteiger charge is -2.14. The molecule has 2 heterocycles. The van der Waals surface area contributed by atoms with Gasteiger partial charge in [0, 0.05) is 30.8 Å². The van der Waals surface area contributed by atoms with Gasteiger partial charge in [0.1, 0.15) is 11.6 Å². The molecule has 142 valence electrons. The highest BCUT2D eigenvalue weighted by molar-refractivity contribution is 7.99. The summed E-state index contributed by atoms with van der Waals surface area (Å²) in [6.07, 6.45) is 4.80. The molecule has 0 saturated heterocycles. The molecule has 1 amide bonds. The quantitative estimate of drug-likeness (QED) is 0.509. The number of hydrogen-bond donors (Lipinski definition) is 2. The zero-order chi connectivity index (χ0) is 19.4. The maximum Gasteiger partial charge on any atom is 0.289 e. The summed E-state index contributed by atoms with van der Waals surface area (Å²) in [6, 6.07) is 4.60. The van der Waals surface area contributed by atoms with Gasteiger partial charge in [-0.2, -0.15) is 8.78 Å².